The average molecular weight is 195 g/mol. The topological polar surface area (TPSA) is 39.2 Å². The number of pyridine rings is 1. The van der Waals surface area contributed by atoms with Gasteiger partial charge in [-0.3, -0.25) is 0 Å². The van der Waals surface area contributed by atoms with Crippen LogP contribution in [0, 0.1) is 5.95 Å². The molecule has 0 saturated carbocycles. The summed E-state index contributed by atoms with van der Waals surface area (Å²) in [5, 5.41) is 0. The quantitative estimate of drug-likeness (QED) is 0.419. The third-order valence-corrected chi connectivity index (χ3v) is 1.47. The van der Waals surface area contributed by atoms with Crippen LogP contribution >= 0.6 is 0 Å². The van der Waals surface area contributed by atoms with Gasteiger partial charge < -0.3 is 4.74 Å². The molecular weight excluding hydrogens is 185 g/mol. The molecule has 4 heteroatoms. The van der Waals surface area contributed by atoms with Crippen molar-refractivity contribution in [3.63, 3.8) is 0 Å². The lowest BCUT2D eigenvalue weighted by atomic mass is 10.2. The highest BCUT2D eigenvalue weighted by atomic mass is 19.1. The lowest BCUT2D eigenvalue weighted by Crippen LogP contribution is -1.98. The van der Waals surface area contributed by atoms with Crippen LogP contribution in [0.5, 0.6) is 0 Å². The van der Waals surface area contributed by atoms with E-state index in [1.54, 1.807) is 13.0 Å². The largest absolute Gasteiger partial charge is 0.463 e. The zero-order chi connectivity index (χ0) is 10.4. The number of rotatable bonds is 3. The van der Waals surface area contributed by atoms with Gasteiger partial charge in [-0.15, -0.1) is 0 Å². The van der Waals surface area contributed by atoms with Gasteiger partial charge in [-0.25, -0.2) is 9.78 Å². The molecule has 0 aliphatic rings. The van der Waals surface area contributed by atoms with E-state index in [9.17, 15) is 9.18 Å². The second kappa shape index (κ2) is 5.11. The minimum absolute atomic E-state index is 0.264. The van der Waals surface area contributed by atoms with Gasteiger partial charge in [0.15, 0.2) is 0 Å². The molecule has 3 nitrogen and oxygen atoms in total. The van der Waals surface area contributed by atoms with E-state index in [2.05, 4.69) is 9.72 Å². The third-order valence-electron chi connectivity index (χ3n) is 1.47. The van der Waals surface area contributed by atoms with Crippen molar-refractivity contribution in [3.8, 4) is 0 Å². The van der Waals surface area contributed by atoms with Gasteiger partial charge >= 0.3 is 5.97 Å². The summed E-state index contributed by atoms with van der Waals surface area (Å²) >= 11 is 0. The van der Waals surface area contributed by atoms with Crippen LogP contribution in [-0.2, 0) is 9.53 Å². The second-order valence-corrected chi connectivity index (χ2v) is 2.47. The Balaban J connectivity index is 2.69. The normalized spacial score (nSPS) is 10.4. The van der Waals surface area contributed by atoms with Crippen molar-refractivity contribution in [1.82, 2.24) is 4.98 Å². The minimum atomic E-state index is -0.604. The number of ether oxygens (including phenoxy) is 1. The molecular formula is C10H10FNO2. The molecule has 0 spiro atoms. The van der Waals surface area contributed by atoms with Crippen molar-refractivity contribution >= 4 is 12.0 Å². The van der Waals surface area contributed by atoms with Gasteiger partial charge in [-0.2, -0.15) is 4.39 Å². The molecule has 1 aromatic rings. The first-order chi connectivity index (χ1) is 6.74. The number of halogens is 1. The monoisotopic (exact) mass is 195 g/mol. The van der Waals surface area contributed by atoms with E-state index in [0.29, 0.717) is 6.61 Å². The maximum atomic E-state index is 12.9. The Morgan fingerprint density at radius 2 is 2.50 bits per heavy atom. The van der Waals surface area contributed by atoms with Crippen LogP contribution in [0.4, 0.5) is 4.39 Å². The predicted molar refractivity (Wildman–Crippen MR) is 49.9 cm³/mol. The van der Waals surface area contributed by atoms with Crippen LogP contribution in [0.2, 0.25) is 0 Å². The molecule has 0 radical (unpaired) electrons. The highest BCUT2D eigenvalue weighted by Gasteiger charge is 1.98. The van der Waals surface area contributed by atoms with Crippen LogP contribution in [0.15, 0.2) is 24.4 Å². The summed E-state index contributed by atoms with van der Waals surface area (Å²) in [6, 6.07) is 3.12. The van der Waals surface area contributed by atoms with E-state index in [1.165, 1.54) is 24.4 Å². The molecule has 0 amide bonds. The van der Waals surface area contributed by atoms with Crippen LogP contribution < -0.4 is 0 Å². The van der Waals surface area contributed by atoms with Crippen LogP contribution in [0.1, 0.15) is 12.5 Å². The summed E-state index contributed by atoms with van der Waals surface area (Å²) in [5.41, 5.74) is 0.264. The summed E-state index contributed by atoms with van der Waals surface area (Å²) in [7, 11) is 0. The molecule has 1 heterocycles. The molecule has 0 aliphatic heterocycles. The molecule has 0 saturated heterocycles. The summed E-state index contributed by atoms with van der Waals surface area (Å²) < 4.78 is 17.5. The summed E-state index contributed by atoms with van der Waals surface area (Å²) in [6.45, 7) is 2.01. The zero-order valence-corrected chi connectivity index (χ0v) is 7.74. The van der Waals surface area contributed by atoms with Crippen molar-refractivity contribution in [2.24, 2.45) is 0 Å². The van der Waals surface area contributed by atoms with Gasteiger partial charge in [-0.05, 0) is 25.1 Å². The molecule has 1 rings (SSSR count). The SMILES string of the molecule is CCOC(=O)/C=C/c1cccnc1F. The van der Waals surface area contributed by atoms with Crippen molar-refractivity contribution in [2.45, 2.75) is 6.92 Å². The van der Waals surface area contributed by atoms with Crippen molar-refractivity contribution in [1.29, 1.82) is 0 Å². The Kier molecular flexibility index (Phi) is 3.79. The number of hydrogen-bond donors (Lipinski definition) is 0. The fourth-order valence-corrected chi connectivity index (χ4v) is 0.871. The van der Waals surface area contributed by atoms with E-state index in [4.69, 9.17) is 0 Å². The Bertz CT molecular complexity index is 350. The first-order valence-electron chi connectivity index (χ1n) is 4.19. The molecule has 0 aliphatic carbocycles. The molecule has 0 atom stereocenters. The van der Waals surface area contributed by atoms with Gasteiger partial charge in [0.1, 0.15) is 0 Å². The zero-order valence-electron chi connectivity index (χ0n) is 7.74. The summed E-state index contributed by atoms with van der Waals surface area (Å²) in [4.78, 5) is 14.3. The Morgan fingerprint density at radius 1 is 1.71 bits per heavy atom. The predicted octanol–water partition coefficient (Wildman–Crippen LogP) is 1.80. The van der Waals surface area contributed by atoms with Crippen LogP contribution in [0.25, 0.3) is 6.08 Å². The standard InChI is InChI=1S/C10H10FNO2/c1-2-14-9(13)6-5-8-4-3-7-12-10(8)11/h3-7H,2H2,1H3/b6-5+. The van der Waals surface area contributed by atoms with Gasteiger partial charge in [-0.1, -0.05) is 0 Å². The van der Waals surface area contributed by atoms with Gasteiger partial charge in [0.25, 0.3) is 0 Å². The number of hydrogen-bond acceptors (Lipinski definition) is 3. The van der Waals surface area contributed by atoms with Gasteiger partial charge in [0.2, 0.25) is 5.95 Å². The second-order valence-electron chi connectivity index (χ2n) is 2.47. The lowest BCUT2D eigenvalue weighted by molar-refractivity contribution is -0.137. The van der Waals surface area contributed by atoms with E-state index in [1.807, 2.05) is 0 Å². The lowest BCUT2D eigenvalue weighted by Gasteiger charge is -1.95. The maximum Gasteiger partial charge on any atom is 0.330 e. The highest BCUT2D eigenvalue weighted by molar-refractivity contribution is 5.86. The molecule has 14 heavy (non-hydrogen) atoms. The Hall–Kier alpha value is -1.71. The van der Waals surface area contributed by atoms with Crippen LogP contribution in [0.3, 0.4) is 0 Å². The number of esters is 1. The smallest absolute Gasteiger partial charge is 0.330 e. The van der Waals surface area contributed by atoms with E-state index < -0.39 is 11.9 Å². The van der Waals surface area contributed by atoms with Gasteiger partial charge in [0, 0.05) is 17.8 Å². The maximum absolute atomic E-state index is 12.9. The van der Waals surface area contributed by atoms with Crippen molar-refractivity contribution < 1.29 is 13.9 Å². The van der Waals surface area contributed by atoms with Gasteiger partial charge in [0.05, 0.1) is 6.61 Å². The first kappa shape index (κ1) is 10.4. The Labute approximate surface area is 81.2 Å². The number of nitrogens with zero attached hydrogens (tertiary/aromatic N) is 1. The Morgan fingerprint density at radius 3 is 3.14 bits per heavy atom. The molecule has 0 N–H and O–H groups in total. The molecule has 1 aromatic heterocycles. The average Bonchev–Trinajstić information content (AvgIpc) is 2.17. The number of aromatic nitrogens is 1. The summed E-state index contributed by atoms with van der Waals surface area (Å²) in [5.74, 6) is -1.09. The third kappa shape index (κ3) is 2.97. The fourth-order valence-electron chi connectivity index (χ4n) is 0.871. The number of carbonyl (C=O) groups excluding carboxylic acids is 1. The van der Waals surface area contributed by atoms with Crippen molar-refractivity contribution in [3.05, 3.63) is 35.9 Å². The number of carbonyl (C=O) groups is 1. The molecule has 74 valence electrons. The highest BCUT2D eigenvalue weighted by Crippen LogP contribution is 2.05. The van der Waals surface area contributed by atoms with Crippen molar-refractivity contribution in [2.75, 3.05) is 6.61 Å². The molecule has 0 unspecified atom stereocenters. The van der Waals surface area contributed by atoms with Crippen LogP contribution in [-0.4, -0.2) is 17.6 Å². The fraction of sp³-hybridized carbons (Fsp3) is 0.200. The molecule has 0 fully saturated rings. The molecule has 0 aromatic carbocycles. The molecule has 0 bridgehead atoms. The van der Waals surface area contributed by atoms with E-state index in [0.717, 1.165) is 0 Å². The first-order valence-corrected chi connectivity index (χ1v) is 4.19. The summed E-state index contributed by atoms with van der Waals surface area (Å²) in [6.07, 6.45) is 3.85. The van der Waals surface area contributed by atoms with E-state index >= 15 is 0 Å². The van der Waals surface area contributed by atoms with E-state index in [-0.39, 0.29) is 5.56 Å². The minimum Gasteiger partial charge on any atom is -0.463 e.